The van der Waals surface area contributed by atoms with Gasteiger partial charge in [0, 0.05) is 29.9 Å². The van der Waals surface area contributed by atoms with Crippen LogP contribution in [0.15, 0.2) is 54.6 Å². The predicted octanol–water partition coefficient (Wildman–Crippen LogP) is 5.18. The van der Waals surface area contributed by atoms with Crippen molar-refractivity contribution in [2.24, 2.45) is 0 Å². The lowest BCUT2D eigenvalue weighted by atomic mass is 10.1. The third-order valence-electron chi connectivity index (χ3n) is 4.02. The summed E-state index contributed by atoms with van der Waals surface area (Å²) >= 11 is 1.27. The standard InChI is InChI=1S/C20H20N4O3S/c1-2-3-13-21-20-23-17(14-9-11-16(12-10-14)24(26)27)18(28-20)19(25)22-15-7-5-4-6-8-15/h4-12H,2-3,13H2,1H3,(H,21,23)(H,22,25). The Balaban J connectivity index is 1.92. The Morgan fingerprint density at radius 2 is 1.86 bits per heavy atom. The van der Waals surface area contributed by atoms with Crippen LogP contribution in [0.25, 0.3) is 11.3 Å². The molecule has 3 rings (SSSR count). The largest absolute Gasteiger partial charge is 0.361 e. The quantitative estimate of drug-likeness (QED) is 0.310. The molecule has 0 fully saturated rings. The van der Waals surface area contributed by atoms with E-state index in [1.807, 2.05) is 30.3 Å². The van der Waals surface area contributed by atoms with Gasteiger partial charge in [-0.05, 0) is 30.7 Å². The zero-order valence-corrected chi connectivity index (χ0v) is 16.2. The number of nitrogens with zero attached hydrogens (tertiary/aromatic N) is 2. The average Bonchev–Trinajstić information content (AvgIpc) is 3.13. The molecule has 0 unspecified atom stereocenters. The van der Waals surface area contributed by atoms with Gasteiger partial charge in [-0.2, -0.15) is 0 Å². The van der Waals surface area contributed by atoms with Crippen molar-refractivity contribution in [2.75, 3.05) is 17.2 Å². The molecule has 0 bridgehead atoms. The maximum absolute atomic E-state index is 12.8. The maximum Gasteiger partial charge on any atom is 0.269 e. The van der Waals surface area contributed by atoms with Gasteiger partial charge in [0.2, 0.25) is 0 Å². The molecule has 2 aromatic carbocycles. The fourth-order valence-corrected chi connectivity index (χ4v) is 3.48. The fraction of sp³-hybridized carbons (Fsp3) is 0.200. The number of hydrogen-bond acceptors (Lipinski definition) is 6. The van der Waals surface area contributed by atoms with Gasteiger partial charge in [-0.25, -0.2) is 4.98 Å². The lowest BCUT2D eigenvalue weighted by Gasteiger charge is -2.05. The van der Waals surface area contributed by atoms with Gasteiger partial charge in [0.25, 0.3) is 11.6 Å². The number of benzene rings is 2. The zero-order valence-electron chi connectivity index (χ0n) is 15.3. The number of rotatable bonds is 8. The number of unbranched alkanes of at least 4 members (excludes halogenated alkanes) is 1. The summed E-state index contributed by atoms with van der Waals surface area (Å²) in [6.07, 6.45) is 2.05. The molecular weight excluding hydrogens is 376 g/mol. The van der Waals surface area contributed by atoms with Crippen LogP contribution in [0.5, 0.6) is 0 Å². The van der Waals surface area contributed by atoms with Crippen molar-refractivity contribution in [3.63, 3.8) is 0 Å². The Labute approximate surface area is 166 Å². The van der Waals surface area contributed by atoms with Crippen LogP contribution < -0.4 is 10.6 Å². The number of amides is 1. The molecule has 1 aromatic heterocycles. The van der Waals surface area contributed by atoms with Crippen molar-refractivity contribution in [1.29, 1.82) is 0 Å². The van der Waals surface area contributed by atoms with E-state index in [1.165, 1.54) is 23.5 Å². The molecule has 0 saturated carbocycles. The van der Waals surface area contributed by atoms with Gasteiger partial charge >= 0.3 is 0 Å². The summed E-state index contributed by atoms with van der Waals surface area (Å²) in [5, 5.41) is 17.7. The van der Waals surface area contributed by atoms with Gasteiger partial charge in [0.05, 0.1) is 10.6 Å². The molecule has 7 nitrogen and oxygen atoms in total. The van der Waals surface area contributed by atoms with Gasteiger partial charge < -0.3 is 10.6 Å². The molecule has 0 atom stereocenters. The minimum absolute atomic E-state index is 0.00411. The van der Waals surface area contributed by atoms with Crippen LogP contribution >= 0.6 is 11.3 Å². The average molecular weight is 396 g/mol. The van der Waals surface area contributed by atoms with Crippen LogP contribution in [-0.4, -0.2) is 22.4 Å². The van der Waals surface area contributed by atoms with Crippen LogP contribution in [0, 0.1) is 10.1 Å². The molecule has 1 amide bonds. The lowest BCUT2D eigenvalue weighted by molar-refractivity contribution is -0.384. The minimum Gasteiger partial charge on any atom is -0.361 e. The van der Waals surface area contributed by atoms with Crippen LogP contribution in [0.2, 0.25) is 0 Å². The summed E-state index contributed by atoms with van der Waals surface area (Å²) in [6.45, 7) is 2.87. The number of nitro benzene ring substituents is 1. The third-order valence-corrected chi connectivity index (χ3v) is 5.04. The molecule has 28 heavy (non-hydrogen) atoms. The summed E-state index contributed by atoms with van der Waals surface area (Å²) in [4.78, 5) is 28.3. The van der Waals surface area contributed by atoms with E-state index in [4.69, 9.17) is 0 Å². The molecule has 0 aliphatic heterocycles. The first-order chi connectivity index (χ1) is 13.6. The van der Waals surface area contributed by atoms with E-state index in [-0.39, 0.29) is 11.6 Å². The highest BCUT2D eigenvalue weighted by molar-refractivity contribution is 7.18. The van der Waals surface area contributed by atoms with Crippen molar-refractivity contribution >= 4 is 33.8 Å². The molecule has 2 N–H and O–H groups in total. The first-order valence-electron chi connectivity index (χ1n) is 8.94. The SMILES string of the molecule is CCCCNc1nc(-c2ccc([N+](=O)[O-])cc2)c(C(=O)Nc2ccccc2)s1. The monoisotopic (exact) mass is 396 g/mol. The molecule has 0 radical (unpaired) electrons. The van der Waals surface area contributed by atoms with E-state index in [9.17, 15) is 14.9 Å². The van der Waals surface area contributed by atoms with E-state index in [0.717, 1.165) is 19.4 Å². The molecular formula is C20H20N4O3S. The Morgan fingerprint density at radius 1 is 1.14 bits per heavy atom. The highest BCUT2D eigenvalue weighted by atomic mass is 32.1. The predicted molar refractivity (Wildman–Crippen MR) is 112 cm³/mol. The number of hydrogen-bond donors (Lipinski definition) is 2. The third kappa shape index (κ3) is 4.72. The van der Waals surface area contributed by atoms with Gasteiger partial charge in [-0.15, -0.1) is 0 Å². The summed E-state index contributed by atoms with van der Waals surface area (Å²) in [7, 11) is 0. The minimum atomic E-state index is -0.453. The maximum atomic E-state index is 12.8. The van der Waals surface area contributed by atoms with Crippen LogP contribution in [-0.2, 0) is 0 Å². The van der Waals surface area contributed by atoms with Crippen molar-refractivity contribution in [2.45, 2.75) is 19.8 Å². The second-order valence-electron chi connectivity index (χ2n) is 6.10. The molecule has 8 heteroatoms. The number of nitro groups is 1. The fourth-order valence-electron chi connectivity index (χ4n) is 2.57. The summed E-state index contributed by atoms with van der Waals surface area (Å²) in [5.74, 6) is -0.263. The summed E-state index contributed by atoms with van der Waals surface area (Å²) in [5.41, 5.74) is 1.85. The molecule has 0 saturated heterocycles. The second kappa shape index (κ2) is 9.09. The van der Waals surface area contributed by atoms with Crippen molar-refractivity contribution < 1.29 is 9.72 Å². The van der Waals surface area contributed by atoms with Gasteiger partial charge in [-0.1, -0.05) is 42.9 Å². The topological polar surface area (TPSA) is 97.2 Å². The first kappa shape index (κ1) is 19.5. The molecule has 144 valence electrons. The molecule has 0 aliphatic carbocycles. The van der Waals surface area contributed by atoms with Crippen molar-refractivity contribution in [3.05, 3.63) is 69.6 Å². The normalized spacial score (nSPS) is 10.5. The van der Waals surface area contributed by atoms with Crippen LogP contribution in [0.1, 0.15) is 29.4 Å². The zero-order chi connectivity index (χ0) is 19.9. The Kier molecular flexibility index (Phi) is 6.33. The van der Waals surface area contributed by atoms with Gasteiger partial charge in [-0.3, -0.25) is 14.9 Å². The molecule has 1 heterocycles. The smallest absolute Gasteiger partial charge is 0.269 e. The number of aromatic nitrogens is 1. The van der Waals surface area contributed by atoms with E-state index < -0.39 is 4.92 Å². The van der Waals surface area contributed by atoms with Crippen molar-refractivity contribution in [1.82, 2.24) is 4.98 Å². The van der Waals surface area contributed by atoms with E-state index in [0.29, 0.717) is 27.0 Å². The number of thiazole rings is 1. The highest BCUT2D eigenvalue weighted by Gasteiger charge is 2.20. The number of non-ortho nitro benzene ring substituents is 1. The lowest BCUT2D eigenvalue weighted by Crippen LogP contribution is -2.11. The Bertz CT molecular complexity index is 955. The number of carbonyl (C=O) groups is 1. The van der Waals surface area contributed by atoms with Crippen LogP contribution in [0.4, 0.5) is 16.5 Å². The summed E-state index contributed by atoms with van der Waals surface area (Å²) in [6, 6.07) is 15.2. The number of nitrogens with one attached hydrogen (secondary N) is 2. The van der Waals surface area contributed by atoms with Crippen molar-refractivity contribution in [3.8, 4) is 11.3 Å². The van der Waals surface area contributed by atoms with Gasteiger partial charge in [0.15, 0.2) is 5.13 Å². The molecule has 3 aromatic rings. The summed E-state index contributed by atoms with van der Waals surface area (Å²) < 4.78 is 0. The number of carbonyl (C=O) groups excluding carboxylic acids is 1. The van der Waals surface area contributed by atoms with E-state index in [2.05, 4.69) is 22.5 Å². The second-order valence-corrected chi connectivity index (χ2v) is 7.10. The van der Waals surface area contributed by atoms with Gasteiger partial charge in [0.1, 0.15) is 4.88 Å². The van der Waals surface area contributed by atoms with E-state index in [1.54, 1.807) is 12.1 Å². The first-order valence-corrected chi connectivity index (χ1v) is 9.76. The number of para-hydroxylation sites is 1. The number of anilines is 2. The van der Waals surface area contributed by atoms with E-state index >= 15 is 0 Å². The molecule has 0 spiro atoms. The Morgan fingerprint density at radius 3 is 2.50 bits per heavy atom. The van der Waals surface area contributed by atoms with Crippen LogP contribution in [0.3, 0.4) is 0 Å². The molecule has 0 aliphatic rings. The highest BCUT2D eigenvalue weighted by Crippen LogP contribution is 2.32. The Hall–Kier alpha value is -3.26.